The minimum atomic E-state index is -0.447. The molecule has 0 saturated carbocycles. The van der Waals surface area contributed by atoms with Crippen molar-refractivity contribution in [2.45, 2.75) is 13.5 Å². The molecule has 1 heterocycles. The van der Waals surface area contributed by atoms with E-state index in [1.54, 1.807) is 24.3 Å². The third-order valence-electron chi connectivity index (χ3n) is 3.49. The number of carbonyl (C=O) groups is 2. The summed E-state index contributed by atoms with van der Waals surface area (Å²) in [6.07, 6.45) is 0. The van der Waals surface area contributed by atoms with Crippen LogP contribution in [0, 0.1) is 0 Å². The van der Waals surface area contributed by atoms with E-state index in [4.69, 9.17) is 9.26 Å². The molecule has 0 atom stereocenters. The maximum Gasteiger partial charge on any atom is 0.294 e. The molecule has 0 bridgehead atoms. The molecule has 25 heavy (non-hydrogen) atoms. The summed E-state index contributed by atoms with van der Waals surface area (Å²) >= 11 is 0. The zero-order chi connectivity index (χ0) is 17.6. The van der Waals surface area contributed by atoms with Crippen molar-refractivity contribution in [3.8, 4) is 5.88 Å². The number of nitrogens with one attached hydrogen (secondary N) is 1. The number of rotatable bonds is 6. The van der Waals surface area contributed by atoms with Gasteiger partial charge in [0.05, 0.1) is 6.07 Å². The molecule has 0 radical (unpaired) electrons. The monoisotopic (exact) mass is 336 g/mol. The molecular formula is C19H16N2O4. The number of Topliss-reactive ketones (excluding diaryl/α,β-unsaturated/α-hetero) is 1. The molecule has 0 aliphatic heterocycles. The summed E-state index contributed by atoms with van der Waals surface area (Å²) in [5.74, 6) is -0.203. The molecule has 0 aliphatic carbocycles. The molecule has 0 spiro atoms. The normalized spacial score (nSPS) is 10.3. The maximum absolute atomic E-state index is 12.2. The summed E-state index contributed by atoms with van der Waals surface area (Å²) < 4.78 is 10.5. The van der Waals surface area contributed by atoms with E-state index in [2.05, 4.69) is 10.5 Å². The Morgan fingerprint density at radius 1 is 1.08 bits per heavy atom. The van der Waals surface area contributed by atoms with E-state index in [-0.39, 0.29) is 17.4 Å². The lowest BCUT2D eigenvalue weighted by Crippen LogP contribution is -2.11. The molecule has 6 nitrogen and oxygen atoms in total. The molecule has 0 aliphatic rings. The summed E-state index contributed by atoms with van der Waals surface area (Å²) in [6, 6.07) is 17.6. The lowest BCUT2D eigenvalue weighted by atomic mass is 10.1. The fourth-order valence-electron chi connectivity index (χ4n) is 2.15. The zero-order valence-electron chi connectivity index (χ0n) is 13.6. The lowest BCUT2D eigenvalue weighted by Gasteiger charge is -2.03. The lowest BCUT2D eigenvalue weighted by molar-refractivity contribution is 0.0985. The number of hydrogen-bond acceptors (Lipinski definition) is 5. The maximum atomic E-state index is 12.2. The van der Waals surface area contributed by atoms with E-state index >= 15 is 0 Å². The van der Waals surface area contributed by atoms with Gasteiger partial charge in [0, 0.05) is 11.3 Å². The Balaban J connectivity index is 1.59. The topological polar surface area (TPSA) is 81.4 Å². The van der Waals surface area contributed by atoms with Gasteiger partial charge >= 0.3 is 0 Å². The van der Waals surface area contributed by atoms with E-state index in [1.165, 1.54) is 13.0 Å². The SMILES string of the molecule is CC(=O)c1ccc(NC(=O)c2cc(OCc3ccccc3)no2)cc1. The standard InChI is InChI=1S/C19H16N2O4/c1-13(22)15-7-9-16(10-8-15)20-19(23)17-11-18(21-25-17)24-12-14-5-3-2-4-6-14/h2-11H,12H2,1H3,(H,20,23). The Hall–Kier alpha value is -3.41. The highest BCUT2D eigenvalue weighted by Gasteiger charge is 2.14. The minimum absolute atomic E-state index is 0.0340. The van der Waals surface area contributed by atoms with Gasteiger partial charge in [0.1, 0.15) is 6.61 Å². The van der Waals surface area contributed by atoms with Crippen LogP contribution in [-0.2, 0) is 6.61 Å². The van der Waals surface area contributed by atoms with Crippen LogP contribution >= 0.6 is 0 Å². The summed E-state index contributed by atoms with van der Waals surface area (Å²) in [6.45, 7) is 1.82. The largest absolute Gasteiger partial charge is 0.471 e. The van der Waals surface area contributed by atoms with Crippen LogP contribution in [0.4, 0.5) is 5.69 Å². The van der Waals surface area contributed by atoms with Gasteiger partial charge in [0.25, 0.3) is 11.8 Å². The summed E-state index contributed by atoms with van der Waals surface area (Å²) in [5.41, 5.74) is 2.12. The van der Waals surface area contributed by atoms with Crippen LogP contribution in [0.5, 0.6) is 5.88 Å². The van der Waals surface area contributed by atoms with E-state index < -0.39 is 5.91 Å². The molecule has 1 aromatic heterocycles. The molecule has 6 heteroatoms. The second-order valence-corrected chi connectivity index (χ2v) is 5.39. The van der Waals surface area contributed by atoms with Crippen molar-refractivity contribution in [3.05, 3.63) is 77.6 Å². The predicted molar refractivity (Wildman–Crippen MR) is 91.7 cm³/mol. The number of nitrogens with zero attached hydrogens (tertiary/aromatic N) is 1. The van der Waals surface area contributed by atoms with Crippen LogP contribution in [0.15, 0.2) is 65.2 Å². The van der Waals surface area contributed by atoms with E-state index in [9.17, 15) is 9.59 Å². The Morgan fingerprint density at radius 3 is 2.48 bits per heavy atom. The van der Waals surface area contributed by atoms with Gasteiger partial charge in [-0.1, -0.05) is 30.3 Å². The number of ether oxygens (including phenoxy) is 1. The van der Waals surface area contributed by atoms with Crippen LogP contribution in [0.25, 0.3) is 0 Å². The van der Waals surface area contributed by atoms with Crippen molar-refractivity contribution in [1.82, 2.24) is 5.16 Å². The first-order valence-corrected chi connectivity index (χ1v) is 7.67. The number of aromatic nitrogens is 1. The van der Waals surface area contributed by atoms with E-state index in [0.29, 0.717) is 17.9 Å². The van der Waals surface area contributed by atoms with Gasteiger partial charge in [-0.25, -0.2) is 0 Å². The first kappa shape index (κ1) is 16.4. The van der Waals surface area contributed by atoms with Gasteiger partial charge in [-0.3, -0.25) is 9.59 Å². The van der Waals surface area contributed by atoms with Gasteiger partial charge in [0.15, 0.2) is 5.78 Å². The van der Waals surface area contributed by atoms with Crippen molar-refractivity contribution < 1.29 is 18.8 Å². The van der Waals surface area contributed by atoms with Crippen LogP contribution in [0.3, 0.4) is 0 Å². The first-order chi connectivity index (χ1) is 12.1. The molecule has 1 amide bonds. The third kappa shape index (κ3) is 4.32. The zero-order valence-corrected chi connectivity index (χ0v) is 13.6. The first-order valence-electron chi connectivity index (χ1n) is 7.67. The number of hydrogen-bond donors (Lipinski definition) is 1. The Kier molecular flexibility index (Phi) is 4.89. The molecule has 1 N–H and O–H groups in total. The van der Waals surface area contributed by atoms with Crippen molar-refractivity contribution in [1.29, 1.82) is 0 Å². The number of amides is 1. The van der Waals surface area contributed by atoms with Crippen LogP contribution < -0.4 is 10.1 Å². The van der Waals surface area contributed by atoms with Crippen molar-refractivity contribution in [2.75, 3.05) is 5.32 Å². The molecule has 0 unspecified atom stereocenters. The van der Waals surface area contributed by atoms with Crippen LogP contribution in [-0.4, -0.2) is 16.8 Å². The highest BCUT2D eigenvalue weighted by molar-refractivity contribution is 6.02. The molecule has 126 valence electrons. The average Bonchev–Trinajstić information content (AvgIpc) is 3.10. The Labute approximate surface area is 144 Å². The van der Waals surface area contributed by atoms with E-state index in [0.717, 1.165) is 5.56 Å². The minimum Gasteiger partial charge on any atom is -0.471 e. The Morgan fingerprint density at radius 2 is 1.80 bits per heavy atom. The second-order valence-electron chi connectivity index (χ2n) is 5.39. The predicted octanol–water partition coefficient (Wildman–Crippen LogP) is 3.71. The van der Waals surface area contributed by atoms with E-state index in [1.807, 2.05) is 30.3 Å². The third-order valence-corrected chi connectivity index (χ3v) is 3.49. The van der Waals surface area contributed by atoms with Crippen LogP contribution in [0.1, 0.15) is 33.4 Å². The van der Waals surface area contributed by atoms with Crippen molar-refractivity contribution >= 4 is 17.4 Å². The fourth-order valence-corrected chi connectivity index (χ4v) is 2.15. The highest BCUT2D eigenvalue weighted by Crippen LogP contribution is 2.16. The second kappa shape index (κ2) is 7.44. The molecule has 0 fully saturated rings. The summed E-state index contributed by atoms with van der Waals surface area (Å²) in [4.78, 5) is 23.4. The molecular weight excluding hydrogens is 320 g/mol. The number of ketones is 1. The highest BCUT2D eigenvalue weighted by atomic mass is 16.5. The van der Waals surface area contributed by atoms with Gasteiger partial charge in [-0.2, -0.15) is 0 Å². The van der Waals surface area contributed by atoms with Gasteiger partial charge in [0.2, 0.25) is 5.76 Å². The van der Waals surface area contributed by atoms with Crippen molar-refractivity contribution in [3.63, 3.8) is 0 Å². The van der Waals surface area contributed by atoms with Gasteiger partial charge < -0.3 is 14.6 Å². The average molecular weight is 336 g/mol. The molecule has 0 saturated heterocycles. The molecule has 2 aromatic carbocycles. The molecule has 3 rings (SSSR count). The van der Waals surface area contributed by atoms with Crippen molar-refractivity contribution in [2.24, 2.45) is 0 Å². The number of carbonyl (C=O) groups excluding carboxylic acids is 2. The molecule has 3 aromatic rings. The van der Waals surface area contributed by atoms with Gasteiger partial charge in [-0.15, -0.1) is 0 Å². The summed E-state index contributed by atoms with van der Waals surface area (Å²) in [5, 5.41) is 6.40. The Bertz CT molecular complexity index is 870. The summed E-state index contributed by atoms with van der Waals surface area (Å²) in [7, 11) is 0. The quantitative estimate of drug-likeness (QED) is 0.694. The number of anilines is 1. The smallest absolute Gasteiger partial charge is 0.294 e. The van der Waals surface area contributed by atoms with Crippen LogP contribution in [0.2, 0.25) is 0 Å². The number of benzene rings is 2. The van der Waals surface area contributed by atoms with Gasteiger partial charge in [-0.05, 0) is 41.9 Å². The fraction of sp³-hybridized carbons (Fsp3) is 0.105.